The van der Waals surface area contributed by atoms with Crippen molar-refractivity contribution in [2.75, 3.05) is 0 Å². The minimum atomic E-state index is -0.386. The highest BCUT2D eigenvalue weighted by Crippen LogP contribution is 2.35. The summed E-state index contributed by atoms with van der Waals surface area (Å²) in [6, 6.07) is 16.3. The molecular formula is C24H15BrCl2FNO3S. The lowest BCUT2D eigenvalue weighted by atomic mass is 10.2. The average molecular weight is 567 g/mol. The van der Waals surface area contributed by atoms with Crippen LogP contribution in [0.5, 0.6) is 5.75 Å². The Hall–Kier alpha value is -2.32. The molecule has 168 valence electrons. The Bertz CT molecular complexity index is 1270. The van der Waals surface area contributed by atoms with Gasteiger partial charge in [-0.3, -0.25) is 14.5 Å². The first-order valence-corrected chi connectivity index (χ1v) is 12.0. The summed E-state index contributed by atoms with van der Waals surface area (Å²) in [5.41, 5.74) is 2.20. The molecule has 4 nitrogen and oxygen atoms in total. The van der Waals surface area contributed by atoms with E-state index < -0.39 is 0 Å². The van der Waals surface area contributed by atoms with Gasteiger partial charge in [-0.25, -0.2) is 4.39 Å². The number of halogens is 4. The van der Waals surface area contributed by atoms with Crippen molar-refractivity contribution in [1.29, 1.82) is 0 Å². The molecule has 4 rings (SSSR count). The molecule has 9 heteroatoms. The minimum absolute atomic E-state index is 0.0893. The Kier molecular flexibility index (Phi) is 7.44. The second-order valence-electron chi connectivity index (χ2n) is 7.11. The van der Waals surface area contributed by atoms with E-state index in [1.54, 1.807) is 54.6 Å². The third-order valence-corrected chi connectivity index (χ3v) is 6.89. The van der Waals surface area contributed by atoms with Gasteiger partial charge in [-0.15, -0.1) is 0 Å². The Morgan fingerprint density at radius 3 is 2.48 bits per heavy atom. The van der Waals surface area contributed by atoms with Crippen LogP contribution < -0.4 is 4.74 Å². The highest BCUT2D eigenvalue weighted by molar-refractivity contribution is 9.10. The third-order valence-electron chi connectivity index (χ3n) is 4.78. The van der Waals surface area contributed by atoms with Gasteiger partial charge in [0.05, 0.1) is 15.9 Å². The van der Waals surface area contributed by atoms with E-state index in [1.165, 1.54) is 12.1 Å². The number of carbonyl (C=O) groups excluding carboxylic acids is 2. The third kappa shape index (κ3) is 5.79. The zero-order valence-electron chi connectivity index (χ0n) is 16.9. The van der Waals surface area contributed by atoms with E-state index in [4.69, 9.17) is 27.9 Å². The van der Waals surface area contributed by atoms with Crippen molar-refractivity contribution in [3.63, 3.8) is 0 Å². The molecule has 0 saturated carbocycles. The molecule has 3 aromatic rings. The Balaban J connectivity index is 1.45. The van der Waals surface area contributed by atoms with E-state index in [2.05, 4.69) is 15.9 Å². The molecule has 0 unspecified atom stereocenters. The highest BCUT2D eigenvalue weighted by atomic mass is 79.9. The molecule has 3 aromatic carbocycles. The topological polar surface area (TPSA) is 46.6 Å². The molecule has 0 bridgehead atoms. The number of nitrogens with zero attached hydrogens (tertiary/aromatic N) is 1. The maximum Gasteiger partial charge on any atom is 0.293 e. The van der Waals surface area contributed by atoms with Crippen molar-refractivity contribution < 1.29 is 18.7 Å². The lowest BCUT2D eigenvalue weighted by Crippen LogP contribution is -2.27. The predicted molar refractivity (Wildman–Crippen MR) is 133 cm³/mol. The Labute approximate surface area is 212 Å². The van der Waals surface area contributed by atoms with Gasteiger partial charge < -0.3 is 4.74 Å². The van der Waals surface area contributed by atoms with Crippen molar-refractivity contribution in [2.45, 2.75) is 13.2 Å². The van der Waals surface area contributed by atoms with Crippen molar-refractivity contribution in [3.05, 3.63) is 103 Å². The van der Waals surface area contributed by atoms with Gasteiger partial charge >= 0.3 is 0 Å². The van der Waals surface area contributed by atoms with Crippen LogP contribution in [-0.4, -0.2) is 16.0 Å². The fourth-order valence-electron chi connectivity index (χ4n) is 3.08. The minimum Gasteiger partial charge on any atom is -0.488 e. The quantitative estimate of drug-likeness (QED) is 0.287. The van der Waals surface area contributed by atoms with E-state index in [0.717, 1.165) is 27.8 Å². The summed E-state index contributed by atoms with van der Waals surface area (Å²) < 4.78 is 19.6. The summed E-state index contributed by atoms with van der Waals surface area (Å²) in [6.45, 7) is 0.349. The Morgan fingerprint density at radius 2 is 1.79 bits per heavy atom. The lowest BCUT2D eigenvalue weighted by Gasteiger charge is -2.12. The van der Waals surface area contributed by atoms with E-state index >= 15 is 0 Å². The molecule has 1 fully saturated rings. The van der Waals surface area contributed by atoms with Crippen molar-refractivity contribution in [3.8, 4) is 5.75 Å². The van der Waals surface area contributed by atoms with Crippen molar-refractivity contribution in [2.24, 2.45) is 0 Å². The molecule has 2 amide bonds. The number of rotatable bonds is 6. The molecule has 1 aliphatic rings. The second-order valence-corrected chi connectivity index (χ2v) is 9.80. The molecule has 0 atom stereocenters. The van der Waals surface area contributed by atoms with Crippen LogP contribution in [0.4, 0.5) is 9.18 Å². The number of hydrogen-bond acceptors (Lipinski definition) is 4. The first kappa shape index (κ1) is 23.8. The molecular weight excluding hydrogens is 552 g/mol. The van der Waals surface area contributed by atoms with Crippen LogP contribution in [0, 0.1) is 5.82 Å². The second kappa shape index (κ2) is 10.3. The number of thioether (sulfide) groups is 1. The van der Waals surface area contributed by atoms with Crippen LogP contribution in [0.15, 0.2) is 70.0 Å². The first-order chi connectivity index (χ1) is 15.8. The number of hydrogen-bond donors (Lipinski definition) is 0. The van der Waals surface area contributed by atoms with Gasteiger partial charge in [0.15, 0.2) is 0 Å². The Morgan fingerprint density at radius 1 is 1.03 bits per heavy atom. The number of imide groups is 1. The molecule has 0 radical (unpaired) electrons. The first-order valence-electron chi connectivity index (χ1n) is 9.66. The summed E-state index contributed by atoms with van der Waals surface area (Å²) in [6.07, 6.45) is 1.65. The number of ether oxygens (including phenoxy) is 1. The molecule has 0 aliphatic carbocycles. The van der Waals surface area contributed by atoms with Crippen molar-refractivity contribution >= 4 is 68.1 Å². The molecule has 1 heterocycles. The van der Waals surface area contributed by atoms with Gasteiger partial charge in [0.1, 0.15) is 18.2 Å². The molecule has 0 aromatic heterocycles. The van der Waals surface area contributed by atoms with Crippen LogP contribution in [0.1, 0.15) is 16.7 Å². The summed E-state index contributed by atoms with van der Waals surface area (Å²) >= 11 is 16.5. The maximum absolute atomic E-state index is 13.1. The molecule has 0 N–H and O–H groups in total. The molecule has 33 heavy (non-hydrogen) atoms. The largest absolute Gasteiger partial charge is 0.488 e. The van der Waals surface area contributed by atoms with E-state index in [0.29, 0.717) is 30.7 Å². The zero-order chi connectivity index (χ0) is 23.5. The number of benzene rings is 3. The predicted octanol–water partition coefficient (Wildman–Crippen LogP) is 7.71. The average Bonchev–Trinajstić information content (AvgIpc) is 3.03. The van der Waals surface area contributed by atoms with Gasteiger partial charge in [-0.1, -0.05) is 47.5 Å². The maximum atomic E-state index is 13.1. The molecule has 1 aliphatic heterocycles. The monoisotopic (exact) mass is 565 g/mol. The summed E-state index contributed by atoms with van der Waals surface area (Å²) in [4.78, 5) is 26.6. The number of amides is 2. The van der Waals surface area contributed by atoms with Gasteiger partial charge in [-0.2, -0.15) is 0 Å². The van der Waals surface area contributed by atoms with Gasteiger partial charge in [-0.05, 0) is 81.3 Å². The number of carbonyl (C=O) groups is 2. The summed E-state index contributed by atoms with van der Waals surface area (Å²) in [5, 5.41) is 0.706. The summed E-state index contributed by atoms with van der Waals surface area (Å²) in [7, 11) is 0. The van der Waals surface area contributed by atoms with Gasteiger partial charge in [0.25, 0.3) is 11.1 Å². The van der Waals surface area contributed by atoms with Crippen LogP contribution in [0.25, 0.3) is 6.08 Å². The van der Waals surface area contributed by atoms with Crippen LogP contribution in [-0.2, 0) is 17.9 Å². The smallest absolute Gasteiger partial charge is 0.293 e. The van der Waals surface area contributed by atoms with Crippen LogP contribution in [0.3, 0.4) is 0 Å². The fourth-order valence-corrected chi connectivity index (χ4v) is 4.89. The summed E-state index contributed by atoms with van der Waals surface area (Å²) in [5.74, 6) is -0.159. The SMILES string of the molecule is O=C1SC(=Cc2ccc(OCc3ccc(Cl)cc3Cl)c(Br)c2)C(=O)N1Cc1ccc(F)cc1. The lowest BCUT2D eigenvalue weighted by molar-refractivity contribution is -0.123. The van der Waals surface area contributed by atoms with Gasteiger partial charge in [0, 0.05) is 15.6 Å². The highest BCUT2D eigenvalue weighted by Gasteiger charge is 2.35. The molecule has 1 saturated heterocycles. The fraction of sp³-hybridized carbons (Fsp3) is 0.0833. The van der Waals surface area contributed by atoms with E-state index in [9.17, 15) is 14.0 Å². The molecule has 0 spiro atoms. The normalized spacial score (nSPS) is 14.9. The van der Waals surface area contributed by atoms with Crippen LogP contribution in [0.2, 0.25) is 10.0 Å². The van der Waals surface area contributed by atoms with Crippen LogP contribution >= 0.6 is 50.9 Å². The zero-order valence-corrected chi connectivity index (χ0v) is 20.8. The van der Waals surface area contributed by atoms with Gasteiger partial charge in [0.2, 0.25) is 0 Å². The van der Waals surface area contributed by atoms with E-state index in [-0.39, 0.29) is 30.1 Å². The van der Waals surface area contributed by atoms with Crippen molar-refractivity contribution in [1.82, 2.24) is 4.90 Å². The van der Waals surface area contributed by atoms with E-state index in [1.807, 2.05) is 0 Å². The standard InChI is InChI=1S/C24H15BrCl2FNO3S/c25-19-9-15(3-8-21(19)32-13-16-4-5-17(26)11-20(16)27)10-22-23(30)29(24(31)33-22)12-14-1-6-18(28)7-2-14/h1-11H,12-13H2.